The van der Waals surface area contributed by atoms with Gasteiger partial charge in [-0.25, -0.2) is 9.67 Å². The number of hydrogen-bond acceptors (Lipinski definition) is 28. The zero-order chi connectivity index (χ0) is 66.0. The Morgan fingerprint density at radius 1 is 0.543 bits per heavy atom. The third kappa shape index (κ3) is 17.1. The Morgan fingerprint density at radius 2 is 1.07 bits per heavy atom. The van der Waals surface area contributed by atoms with E-state index in [1.54, 1.807) is 6.20 Å². The number of nitrogens with zero attached hydrogens (tertiary/aromatic N) is 12. The fraction of sp³-hybridized carbons (Fsp3) is 0.694. The molecule has 4 aliphatic heterocycles. The van der Waals surface area contributed by atoms with Gasteiger partial charge in [0.2, 0.25) is 0 Å². The molecule has 518 valence electrons. The van der Waals surface area contributed by atoms with E-state index in [1.165, 1.54) is 36.1 Å². The van der Waals surface area contributed by atoms with Crippen LogP contribution < -0.4 is 44.0 Å². The highest BCUT2D eigenvalue weighted by Gasteiger charge is 2.55. The maximum absolute atomic E-state index is 12.0. The number of aryl methyl sites for hydroxylation is 4. The summed E-state index contributed by atoms with van der Waals surface area (Å²) in [6.07, 6.45) is -2.12. The average Bonchev–Trinajstić information content (AvgIpc) is 1.40. The van der Waals surface area contributed by atoms with E-state index in [9.17, 15) is 30.6 Å². The first-order chi connectivity index (χ1) is 45.5. The molecule has 94 heavy (non-hydrogen) atoms. The third-order valence-electron chi connectivity index (χ3n) is 18.8. The second-order valence-electron chi connectivity index (χ2n) is 25.9. The van der Waals surface area contributed by atoms with Crippen molar-refractivity contribution in [3.8, 4) is 17.1 Å². The number of fused-ring (bicyclic) bond motifs is 1. The monoisotopic (exact) mass is 1320 g/mol. The number of anilines is 1. The molecule has 32 heteroatoms. The SMILES string of the molecule is CN1CCN(c2ccc3nc(-c4ccc(OCc5cn(CCCCCCCCCCn6cc(CCCCc7cn(C[C@H]8OC(O[C@@H]9C(O)[C@H](N)CC(N)[C@H]9O[C@H]9OC(CN)[C@@H](O)[C@H](O)C9N)[C@@H](O)[C@H]8O[C@H]8O[C@@H](CN)[C@@H](O)C(O)C8N)nn7)nn6)nn5)cc4)[nH]c3c2)CC1. The Balaban J connectivity index is 0.569. The van der Waals surface area contributed by atoms with Crippen LogP contribution in [0.4, 0.5) is 5.69 Å². The molecular formula is C62H97N19O13. The molecule has 2 aromatic carbocycles. The zero-order valence-corrected chi connectivity index (χ0v) is 53.4. The number of unbranched alkanes of at least 4 members (excludes halogenated alkanes) is 8. The van der Waals surface area contributed by atoms with Crippen LogP contribution in [0.15, 0.2) is 61.1 Å². The van der Waals surface area contributed by atoms with Crippen molar-refractivity contribution in [3.63, 3.8) is 0 Å². The topological polar surface area (TPSA) is 469 Å². The van der Waals surface area contributed by atoms with Crippen LogP contribution in [0.1, 0.15) is 87.7 Å². The third-order valence-corrected chi connectivity index (χ3v) is 18.8. The molecule has 0 bridgehead atoms. The summed E-state index contributed by atoms with van der Waals surface area (Å²) >= 11 is 0. The van der Waals surface area contributed by atoms with Crippen molar-refractivity contribution < 1.29 is 63.8 Å². The van der Waals surface area contributed by atoms with Crippen molar-refractivity contribution in [2.45, 2.75) is 226 Å². The average molecular weight is 1320 g/mol. The van der Waals surface area contributed by atoms with E-state index >= 15 is 0 Å². The molecule has 8 heterocycles. The van der Waals surface area contributed by atoms with Crippen LogP contribution in [-0.4, -0.2) is 253 Å². The second-order valence-corrected chi connectivity index (χ2v) is 25.9. The number of aromatic amines is 1. The zero-order valence-electron chi connectivity index (χ0n) is 53.4. The standard InChI is InChI=1S/C62H97N19O13/c1-77-22-24-78(25-23-77)39-16-19-43-44(26-39)70-59(69-43)35-14-17-40(18-15-35)88-34-38-32-80(75-73-38)21-11-7-5-3-2-4-6-10-20-79-30-36(71-74-79)12-8-9-13-37-31-81(76-72-37)33-47-57(93-61-49(68)54(86)52(84)46(29-64)90-61)55(87)62(91-47)94-58-50(82)41(65)27-42(66)56(58)92-60-48(67)53(85)51(83)45(28-63)89-60/h14-19,26,30-32,41-42,45-58,60-62,82-87H,2-13,20-25,27-29,33-34,63-68H2,1H3,(H,69,70)/t41-,42?,45?,46+,47-,48?,49?,50?,51-,52-,53-,54?,55+,56-,57+,58-,60-,61-,62?/m1/s1. The van der Waals surface area contributed by atoms with E-state index in [0.29, 0.717) is 18.7 Å². The highest BCUT2D eigenvalue weighted by molar-refractivity contribution is 5.83. The number of likely N-dealkylation sites (N-methyl/N-ethyl adjacent to an activating group) is 1. The van der Waals surface area contributed by atoms with Crippen LogP contribution in [0.3, 0.4) is 0 Å². The predicted molar refractivity (Wildman–Crippen MR) is 340 cm³/mol. The van der Waals surface area contributed by atoms with Gasteiger partial charge in [-0.15, -0.1) is 15.3 Å². The first kappa shape index (κ1) is 69.5. The van der Waals surface area contributed by atoms with E-state index in [2.05, 4.69) is 71.0 Å². The van der Waals surface area contributed by atoms with E-state index in [-0.39, 0.29) is 26.1 Å². The summed E-state index contributed by atoms with van der Waals surface area (Å²) in [6, 6.07) is 10.1. The smallest absolute Gasteiger partial charge is 0.187 e. The van der Waals surface area contributed by atoms with Gasteiger partial charge in [-0.1, -0.05) is 54.2 Å². The Labute approximate surface area is 545 Å². The maximum atomic E-state index is 12.0. The minimum atomic E-state index is -1.61. The lowest BCUT2D eigenvalue weighted by molar-refractivity contribution is -0.306. The van der Waals surface area contributed by atoms with Crippen LogP contribution in [0, 0.1) is 0 Å². The summed E-state index contributed by atoms with van der Waals surface area (Å²) in [5.74, 6) is 1.59. The maximum Gasteiger partial charge on any atom is 0.187 e. The van der Waals surface area contributed by atoms with Crippen molar-refractivity contribution in [1.29, 1.82) is 0 Å². The number of ether oxygens (including phenoxy) is 7. The summed E-state index contributed by atoms with van der Waals surface area (Å²) < 4.78 is 48.3. The van der Waals surface area contributed by atoms with Gasteiger partial charge in [0, 0.05) is 88.1 Å². The molecule has 4 aromatic heterocycles. The quantitative estimate of drug-likeness (QED) is 0.0206. The van der Waals surface area contributed by atoms with E-state index in [4.69, 9.17) is 72.5 Å². The summed E-state index contributed by atoms with van der Waals surface area (Å²) in [5, 5.41) is 92.2. The molecule has 0 radical (unpaired) electrons. The molecule has 6 aromatic rings. The number of imidazole rings is 1. The van der Waals surface area contributed by atoms with E-state index < -0.39 is 116 Å². The Kier molecular flexibility index (Phi) is 24.0. The number of benzene rings is 2. The van der Waals surface area contributed by atoms with Gasteiger partial charge < -0.3 is 113 Å². The largest absolute Gasteiger partial charge is 0.487 e. The number of nitrogens with one attached hydrogen (secondary N) is 1. The number of aromatic nitrogens is 11. The predicted octanol–water partition coefficient (Wildman–Crippen LogP) is -2.15. The molecule has 11 rings (SSSR count). The van der Waals surface area contributed by atoms with Gasteiger partial charge in [0.15, 0.2) is 18.9 Å². The summed E-state index contributed by atoms with van der Waals surface area (Å²) in [4.78, 5) is 13.1. The van der Waals surface area contributed by atoms with Crippen LogP contribution in [0.2, 0.25) is 0 Å². The van der Waals surface area contributed by atoms with Crippen molar-refractivity contribution in [3.05, 3.63) is 78.1 Å². The fourth-order valence-corrected chi connectivity index (χ4v) is 13.0. The van der Waals surface area contributed by atoms with Gasteiger partial charge in [0.1, 0.15) is 91.0 Å². The number of aliphatic hydroxyl groups excluding tert-OH is 6. The molecule has 1 aliphatic carbocycles. The van der Waals surface area contributed by atoms with Gasteiger partial charge in [0.05, 0.1) is 53.4 Å². The second kappa shape index (κ2) is 32.5. The van der Waals surface area contributed by atoms with Crippen molar-refractivity contribution in [1.82, 2.24) is 59.8 Å². The first-order valence-electron chi connectivity index (χ1n) is 33.3. The van der Waals surface area contributed by atoms with Crippen LogP contribution in [-0.2, 0) is 67.5 Å². The first-order valence-corrected chi connectivity index (χ1v) is 33.3. The highest BCUT2D eigenvalue weighted by atomic mass is 16.8. The van der Waals surface area contributed by atoms with Crippen molar-refractivity contribution >= 4 is 16.7 Å². The van der Waals surface area contributed by atoms with Crippen LogP contribution in [0.5, 0.6) is 5.75 Å². The Hall–Kier alpha value is -5.83. The molecule has 5 fully saturated rings. The number of nitrogens with two attached hydrogens (primary N) is 6. The highest BCUT2D eigenvalue weighted by Crippen LogP contribution is 2.36. The van der Waals surface area contributed by atoms with Gasteiger partial charge >= 0.3 is 0 Å². The van der Waals surface area contributed by atoms with Gasteiger partial charge in [-0.05, 0) is 94.5 Å². The van der Waals surface area contributed by atoms with Crippen molar-refractivity contribution in [2.75, 3.05) is 51.2 Å². The van der Waals surface area contributed by atoms with Crippen LogP contribution >= 0.6 is 0 Å². The molecule has 0 amide bonds. The number of aliphatic hydroxyl groups is 6. The summed E-state index contributed by atoms with van der Waals surface area (Å²) in [7, 11) is 2.17. The van der Waals surface area contributed by atoms with Crippen molar-refractivity contribution in [2.24, 2.45) is 34.4 Å². The molecule has 4 saturated heterocycles. The van der Waals surface area contributed by atoms with E-state index in [1.807, 2.05) is 46.0 Å². The van der Waals surface area contributed by atoms with Crippen LogP contribution in [0.25, 0.3) is 22.4 Å². The number of rotatable bonds is 31. The molecule has 32 nitrogen and oxygen atoms in total. The Bertz CT molecular complexity index is 3260. The number of piperazine rings is 1. The fourth-order valence-electron chi connectivity index (χ4n) is 13.0. The molecule has 19 N–H and O–H groups in total. The number of hydrogen-bond donors (Lipinski definition) is 13. The summed E-state index contributed by atoms with van der Waals surface area (Å²) in [5.41, 5.74) is 43.7. The molecule has 5 aliphatic rings. The summed E-state index contributed by atoms with van der Waals surface area (Å²) in [6.45, 7) is 5.78. The minimum Gasteiger partial charge on any atom is -0.487 e. The lowest BCUT2D eigenvalue weighted by Gasteiger charge is -2.47. The lowest BCUT2D eigenvalue weighted by atomic mass is 9.84. The molecule has 19 atom stereocenters. The van der Waals surface area contributed by atoms with Gasteiger partial charge in [-0.3, -0.25) is 9.36 Å². The molecule has 1 saturated carbocycles. The van der Waals surface area contributed by atoms with Gasteiger partial charge in [0.25, 0.3) is 0 Å². The normalized spacial score (nSPS) is 31.8. The van der Waals surface area contributed by atoms with E-state index in [0.717, 1.165) is 124 Å². The lowest BCUT2D eigenvalue weighted by Crippen LogP contribution is -2.68. The molecule has 7 unspecified atom stereocenters. The molecular weight excluding hydrogens is 1220 g/mol. The Morgan fingerprint density at radius 3 is 1.68 bits per heavy atom. The number of H-pyrrole nitrogens is 1. The molecule has 0 spiro atoms. The minimum absolute atomic E-state index is 0.0300. The van der Waals surface area contributed by atoms with Gasteiger partial charge in [-0.2, -0.15) is 0 Å².